The Labute approximate surface area is 158 Å². The topological polar surface area (TPSA) is 42.3 Å². The normalized spacial score (nSPS) is 32.1. The zero-order valence-corrected chi connectivity index (χ0v) is 16.0. The highest BCUT2D eigenvalue weighted by atomic mass is 19.4. The molecule has 1 aromatic rings. The molecule has 2 fully saturated rings. The molecule has 0 bridgehead atoms. The fourth-order valence-corrected chi connectivity index (χ4v) is 4.66. The summed E-state index contributed by atoms with van der Waals surface area (Å²) in [6, 6.07) is 0.218. The number of ether oxygens (including phenoxy) is 1. The number of nitrogens with zero attached hydrogens (tertiary/aromatic N) is 3. The Balaban J connectivity index is 1.58. The minimum Gasteiger partial charge on any atom is -0.381 e. The summed E-state index contributed by atoms with van der Waals surface area (Å²) in [6.07, 6.45) is -1.18. The molecule has 0 radical (unpaired) electrons. The van der Waals surface area contributed by atoms with Crippen LogP contribution in [0.1, 0.15) is 57.3 Å². The number of hydrogen-bond acceptors (Lipinski definition) is 4. The van der Waals surface area contributed by atoms with E-state index in [9.17, 15) is 13.2 Å². The van der Waals surface area contributed by atoms with Gasteiger partial charge in [0.25, 0.3) is 0 Å². The van der Waals surface area contributed by atoms with Crippen molar-refractivity contribution in [3.63, 3.8) is 0 Å². The van der Waals surface area contributed by atoms with Crippen LogP contribution >= 0.6 is 0 Å². The average Bonchev–Trinajstić information content (AvgIpc) is 3.33. The van der Waals surface area contributed by atoms with Gasteiger partial charge in [0.1, 0.15) is 5.82 Å². The van der Waals surface area contributed by atoms with Crippen LogP contribution < -0.4 is 5.32 Å². The van der Waals surface area contributed by atoms with E-state index in [-0.39, 0.29) is 24.4 Å². The number of aromatic nitrogens is 2. The zero-order valence-electron chi connectivity index (χ0n) is 16.0. The molecule has 0 saturated carbocycles. The number of likely N-dealkylation sites (tertiary alicyclic amines) is 1. The van der Waals surface area contributed by atoms with Crippen LogP contribution in [0.4, 0.5) is 19.0 Å². The molecule has 0 amide bonds. The summed E-state index contributed by atoms with van der Waals surface area (Å²) in [5.41, 5.74) is 0.771. The summed E-state index contributed by atoms with van der Waals surface area (Å²) in [6.45, 7) is 7.44. The molecule has 3 aliphatic heterocycles. The van der Waals surface area contributed by atoms with Crippen LogP contribution in [0.25, 0.3) is 0 Å². The van der Waals surface area contributed by atoms with E-state index in [0.717, 1.165) is 51.3 Å². The van der Waals surface area contributed by atoms with E-state index in [0.29, 0.717) is 11.7 Å². The lowest BCUT2D eigenvalue weighted by Crippen LogP contribution is -2.41. The Kier molecular flexibility index (Phi) is 5.14. The third-order valence-corrected chi connectivity index (χ3v) is 6.26. The Morgan fingerprint density at radius 3 is 2.81 bits per heavy atom. The minimum absolute atomic E-state index is 0.0308. The number of alkyl halides is 3. The number of rotatable bonds is 4. The molecule has 4 atom stereocenters. The number of nitrogens with one attached hydrogen (secondary N) is 1. The lowest BCUT2D eigenvalue weighted by Gasteiger charge is -2.35. The van der Waals surface area contributed by atoms with E-state index in [1.54, 1.807) is 0 Å². The van der Waals surface area contributed by atoms with E-state index < -0.39 is 12.2 Å². The van der Waals surface area contributed by atoms with Crippen LogP contribution in [-0.2, 0) is 4.74 Å². The molecule has 0 spiro atoms. The molecule has 4 rings (SSSR count). The van der Waals surface area contributed by atoms with Gasteiger partial charge in [-0.3, -0.25) is 4.90 Å². The summed E-state index contributed by atoms with van der Waals surface area (Å²) in [5.74, 6) is 1.16. The molecule has 2 saturated heterocycles. The minimum atomic E-state index is -4.29. The molecule has 8 heteroatoms. The molecular formula is C19H29F3N4O. The monoisotopic (exact) mass is 386 g/mol. The summed E-state index contributed by atoms with van der Waals surface area (Å²) in [4.78, 5) is 2.39. The first kappa shape index (κ1) is 19.1. The van der Waals surface area contributed by atoms with E-state index in [2.05, 4.69) is 15.3 Å². The zero-order chi connectivity index (χ0) is 19.2. The molecule has 27 heavy (non-hydrogen) atoms. The molecule has 3 aliphatic rings. The van der Waals surface area contributed by atoms with Gasteiger partial charge in [-0.15, -0.1) is 0 Å². The summed E-state index contributed by atoms with van der Waals surface area (Å²) in [7, 11) is 0. The van der Waals surface area contributed by atoms with Crippen molar-refractivity contribution in [3.05, 3.63) is 11.8 Å². The lowest BCUT2D eigenvalue weighted by atomic mass is 9.94. The second-order valence-electron chi connectivity index (χ2n) is 8.57. The highest BCUT2D eigenvalue weighted by molar-refractivity contribution is 5.42. The van der Waals surface area contributed by atoms with E-state index in [4.69, 9.17) is 4.74 Å². The quantitative estimate of drug-likeness (QED) is 0.849. The number of fused-ring (bicyclic) bond motifs is 1. The molecule has 0 unspecified atom stereocenters. The van der Waals surface area contributed by atoms with Gasteiger partial charge in [-0.25, -0.2) is 4.68 Å². The molecule has 1 aromatic heterocycles. The van der Waals surface area contributed by atoms with Gasteiger partial charge in [0, 0.05) is 25.3 Å². The molecule has 0 aliphatic carbocycles. The average molecular weight is 386 g/mol. The molecular weight excluding hydrogens is 357 g/mol. The Bertz CT molecular complexity index is 654. The molecule has 0 aromatic carbocycles. The van der Waals surface area contributed by atoms with Crippen LogP contribution in [0.15, 0.2) is 6.07 Å². The van der Waals surface area contributed by atoms with Gasteiger partial charge >= 0.3 is 6.18 Å². The summed E-state index contributed by atoms with van der Waals surface area (Å²) >= 11 is 0. The van der Waals surface area contributed by atoms with Gasteiger partial charge in [-0.05, 0) is 44.1 Å². The van der Waals surface area contributed by atoms with Gasteiger partial charge in [-0.1, -0.05) is 13.8 Å². The standard InChI is InChI=1S/C19H29F3N4O/c1-12(2)14-8-17(19(20,21)22)26-18(23-14)9-15(24-26)16-4-3-6-25(16)10-13-5-7-27-11-13/h9,12-14,16-17,23H,3-8,10-11H2,1-2H3/t13-,14-,16-,17+/m0/s1. The number of halogens is 3. The third kappa shape index (κ3) is 3.83. The van der Waals surface area contributed by atoms with Crippen LogP contribution in [0, 0.1) is 11.8 Å². The molecule has 1 N–H and O–H groups in total. The van der Waals surface area contributed by atoms with Gasteiger partial charge in [0.2, 0.25) is 0 Å². The van der Waals surface area contributed by atoms with E-state index in [1.165, 1.54) is 4.68 Å². The highest BCUT2D eigenvalue weighted by Crippen LogP contribution is 2.42. The van der Waals surface area contributed by atoms with Crippen molar-refractivity contribution in [2.75, 3.05) is 31.6 Å². The van der Waals surface area contributed by atoms with Crippen LogP contribution in [-0.4, -0.2) is 53.2 Å². The fraction of sp³-hybridized carbons (Fsp3) is 0.842. The highest BCUT2D eigenvalue weighted by Gasteiger charge is 2.47. The second kappa shape index (κ2) is 7.28. The van der Waals surface area contributed by atoms with Crippen LogP contribution in [0.5, 0.6) is 0 Å². The van der Waals surface area contributed by atoms with Crippen molar-refractivity contribution in [3.8, 4) is 0 Å². The number of hydrogen-bond donors (Lipinski definition) is 1. The van der Waals surface area contributed by atoms with Gasteiger partial charge < -0.3 is 10.1 Å². The maximum atomic E-state index is 13.7. The van der Waals surface area contributed by atoms with Crippen molar-refractivity contribution in [1.29, 1.82) is 0 Å². The van der Waals surface area contributed by atoms with E-state index in [1.807, 2.05) is 19.9 Å². The van der Waals surface area contributed by atoms with E-state index >= 15 is 0 Å². The first-order valence-electron chi connectivity index (χ1n) is 10.1. The predicted octanol–water partition coefficient (Wildman–Crippen LogP) is 4.00. The van der Waals surface area contributed by atoms with Crippen LogP contribution in [0.3, 0.4) is 0 Å². The first-order chi connectivity index (χ1) is 12.8. The largest absolute Gasteiger partial charge is 0.410 e. The predicted molar refractivity (Wildman–Crippen MR) is 96.7 cm³/mol. The van der Waals surface area contributed by atoms with Gasteiger partial charge in [-0.2, -0.15) is 18.3 Å². The summed E-state index contributed by atoms with van der Waals surface area (Å²) in [5, 5.41) is 7.75. The van der Waals surface area contributed by atoms with Crippen LogP contribution in [0.2, 0.25) is 0 Å². The van der Waals surface area contributed by atoms with Crippen molar-refractivity contribution in [1.82, 2.24) is 14.7 Å². The number of anilines is 1. The Morgan fingerprint density at radius 2 is 2.15 bits per heavy atom. The maximum absolute atomic E-state index is 13.7. The molecule has 5 nitrogen and oxygen atoms in total. The molecule has 152 valence electrons. The first-order valence-corrected chi connectivity index (χ1v) is 10.1. The smallest absolute Gasteiger partial charge is 0.381 e. The molecule has 4 heterocycles. The van der Waals surface area contributed by atoms with Crippen molar-refractivity contribution < 1.29 is 17.9 Å². The SMILES string of the molecule is CC(C)[C@@H]1C[C@H](C(F)(F)F)n2nc([C@@H]3CCCN3C[C@@H]3CCOC3)cc2N1. The lowest BCUT2D eigenvalue weighted by molar-refractivity contribution is -0.174. The Morgan fingerprint density at radius 1 is 1.33 bits per heavy atom. The van der Waals surface area contributed by atoms with Crippen molar-refractivity contribution in [2.45, 2.75) is 63.8 Å². The maximum Gasteiger partial charge on any atom is 0.410 e. The second-order valence-corrected chi connectivity index (χ2v) is 8.57. The third-order valence-electron chi connectivity index (χ3n) is 6.26. The van der Waals surface area contributed by atoms with Gasteiger partial charge in [0.05, 0.1) is 18.3 Å². The van der Waals surface area contributed by atoms with Crippen molar-refractivity contribution in [2.24, 2.45) is 11.8 Å². The summed E-state index contributed by atoms with van der Waals surface area (Å²) < 4.78 is 47.7. The van der Waals surface area contributed by atoms with Gasteiger partial charge in [0.15, 0.2) is 6.04 Å². The van der Waals surface area contributed by atoms with Crippen molar-refractivity contribution >= 4 is 5.82 Å². The Hall–Kier alpha value is -1.28. The fourth-order valence-electron chi connectivity index (χ4n) is 4.66.